The standard InChI is InChI=1S/C35H37ClN8O2/c1-4-5-14-32-38-33(36)31(22-46-35(45)30(43(2)3)19-25-20-37-29-13-9-8-11-27(25)29)44(32)21-23-15-17-24(18-16-23)26-10-6-7-12-28(26)34-39-41-42-40-34/h6-13,15-18,20,30,37H,4-5,14,19,21-22H2,1-3H3,(H,39,40,41,42)/t30-/m0/s1. The Bertz CT molecular complexity index is 1910. The fourth-order valence-electron chi connectivity index (χ4n) is 5.75. The molecule has 0 radical (unpaired) electrons. The Labute approximate surface area is 272 Å². The molecule has 0 aliphatic rings. The summed E-state index contributed by atoms with van der Waals surface area (Å²) in [6.07, 6.45) is 5.27. The Balaban J connectivity index is 1.21. The van der Waals surface area contributed by atoms with Gasteiger partial charge in [0.2, 0.25) is 5.82 Å². The van der Waals surface area contributed by atoms with Gasteiger partial charge in [-0.25, -0.2) is 4.98 Å². The number of H-pyrrole nitrogens is 2. The van der Waals surface area contributed by atoms with E-state index in [1.54, 1.807) is 0 Å². The molecule has 10 nitrogen and oxygen atoms in total. The van der Waals surface area contributed by atoms with Gasteiger partial charge in [0.25, 0.3) is 0 Å². The van der Waals surface area contributed by atoms with Gasteiger partial charge in [-0.3, -0.25) is 9.69 Å². The average molecular weight is 637 g/mol. The van der Waals surface area contributed by atoms with Crippen LogP contribution >= 0.6 is 11.6 Å². The molecule has 0 aliphatic heterocycles. The quantitative estimate of drug-likeness (QED) is 0.140. The number of imidazole rings is 1. The molecule has 3 heterocycles. The van der Waals surface area contributed by atoms with Gasteiger partial charge in [0.15, 0.2) is 5.15 Å². The predicted octanol–water partition coefficient (Wildman–Crippen LogP) is 6.47. The molecule has 236 valence electrons. The van der Waals surface area contributed by atoms with Crippen molar-refractivity contribution >= 4 is 28.5 Å². The molecular formula is C35H37ClN8O2. The Morgan fingerprint density at radius 1 is 1.02 bits per heavy atom. The molecule has 3 aromatic heterocycles. The van der Waals surface area contributed by atoms with Crippen LogP contribution in [-0.4, -0.2) is 66.2 Å². The number of carbonyl (C=O) groups excluding carboxylic acids is 1. The molecular weight excluding hydrogens is 600 g/mol. The van der Waals surface area contributed by atoms with Crippen LogP contribution in [0.1, 0.15) is 42.4 Å². The number of esters is 1. The van der Waals surface area contributed by atoms with Crippen LogP contribution in [0, 0.1) is 0 Å². The van der Waals surface area contributed by atoms with Crippen LogP contribution in [0.15, 0.2) is 79.0 Å². The van der Waals surface area contributed by atoms with Crippen LogP contribution in [0.5, 0.6) is 0 Å². The third-order valence-electron chi connectivity index (χ3n) is 8.31. The molecule has 0 unspecified atom stereocenters. The van der Waals surface area contributed by atoms with Gasteiger partial charge in [-0.05, 0) is 54.0 Å². The lowest BCUT2D eigenvalue weighted by Crippen LogP contribution is -2.39. The number of hydrogen-bond donors (Lipinski definition) is 2. The van der Waals surface area contributed by atoms with Gasteiger partial charge in [0.05, 0.1) is 5.69 Å². The maximum absolute atomic E-state index is 13.5. The zero-order valence-corrected chi connectivity index (χ0v) is 27.0. The highest BCUT2D eigenvalue weighted by atomic mass is 35.5. The molecule has 2 N–H and O–H groups in total. The number of fused-ring (bicyclic) bond motifs is 1. The van der Waals surface area contributed by atoms with E-state index in [-0.39, 0.29) is 12.6 Å². The highest BCUT2D eigenvalue weighted by molar-refractivity contribution is 6.30. The van der Waals surface area contributed by atoms with Gasteiger partial charge in [-0.1, -0.05) is 91.7 Å². The van der Waals surface area contributed by atoms with Gasteiger partial charge in [-0.15, -0.1) is 10.2 Å². The lowest BCUT2D eigenvalue weighted by Gasteiger charge is -2.23. The third kappa shape index (κ3) is 6.73. The van der Waals surface area contributed by atoms with Gasteiger partial charge >= 0.3 is 5.97 Å². The minimum absolute atomic E-state index is 0.0329. The van der Waals surface area contributed by atoms with E-state index in [0.29, 0.717) is 29.6 Å². The number of benzene rings is 3. The molecule has 0 fully saturated rings. The van der Waals surface area contributed by atoms with E-state index >= 15 is 0 Å². The normalized spacial score (nSPS) is 12.2. The average Bonchev–Trinajstić information content (AvgIpc) is 3.82. The maximum atomic E-state index is 13.5. The van der Waals surface area contributed by atoms with Gasteiger partial charge in [-0.2, -0.15) is 5.21 Å². The molecule has 3 aromatic carbocycles. The largest absolute Gasteiger partial charge is 0.458 e. The molecule has 0 aliphatic carbocycles. The SMILES string of the molecule is CCCCc1nc(Cl)c(COC(=O)[C@H](Cc2c[nH]c3ccccc23)N(C)C)n1Cc1ccc(-c2ccccc2-c2nn[nH]n2)cc1. The number of para-hydroxylation sites is 1. The smallest absolute Gasteiger partial charge is 0.324 e. The van der Waals surface area contributed by atoms with Crippen molar-refractivity contribution in [3.63, 3.8) is 0 Å². The first-order chi connectivity index (χ1) is 22.4. The molecule has 11 heteroatoms. The third-order valence-corrected chi connectivity index (χ3v) is 8.61. The number of nitrogens with one attached hydrogen (secondary N) is 2. The van der Waals surface area contributed by atoms with E-state index in [4.69, 9.17) is 21.3 Å². The summed E-state index contributed by atoms with van der Waals surface area (Å²) in [5.74, 6) is 1.12. The van der Waals surface area contributed by atoms with E-state index < -0.39 is 6.04 Å². The molecule has 1 atom stereocenters. The number of aryl methyl sites for hydroxylation is 1. The number of rotatable bonds is 13. The van der Waals surface area contributed by atoms with Crippen molar-refractivity contribution in [2.45, 2.75) is 51.8 Å². The summed E-state index contributed by atoms with van der Waals surface area (Å²) in [6, 6.07) is 24.0. The topological polar surface area (TPSA) is 118 Å². The number of aromatic amines is 2. The first-order valence-electron chi connectivity index (χ1n) is 15.5. The van der Waals surface area contributed by atoms with Gasteiger partial charge < -0.3 is 14.3 Å². The number of unbranched alkanes of at least 4 members (excludes halogenated alkanes) is 1. The van der Waals surface area contributed by atoms with Crippen molar-refractivity contribution in [2.24, 2.45) is 0 Å². The molecule has 0 spiro atoms. The molecule has 6 aromatic rings. The van der Waals surface area contributed by atoms with Crippen molar-refractivity contribution in [1.29, 1.82) is 0 Å². The number of carbonyl (C=O) groups is 1. The minimum Gasteiger partial charge on any atom is -0.458 e. The maximum Gasteiger partial charge on any atom is 0.324 e. The predicted molar refractivity (Wildman–Crippen MR) is 179 cm³/mol. The van der Waals surface area contributed by atoms with Crippen molar-refractivity contribution in [3.8, 4) is 22.5 Å². The monoisotopic (exact) mass is 636 g/mol. The van der Waals surface area contributed by atoms with Crippen LogP contribution in [0.2, 0.25) is 5.15 Å². The highest BCUT2D eigenvalue weighted by Gasteiger charge is 2.26. The Kier molecular flexibility index (Phi) is 9.56. The van der Waals surface area contributed by atoms with Crippen LogP contribution in [0.3, 0.4) is 0 Å². The fourth-order valence-corrected chi connectivity index (χ4v) is 6.01. The second-order valence-corrected chi connectivity index (χ2v) is 11.9. The fraction of sp³-hybridized carbons (Fsp3) is 0.286. The molecule has 0 saturated heterocycles. The molecule has 0 saturated carbocycles. The van der Waals surface area contributed by atoms with Gasteiger partial charge in [0.1, 0.15) is 18.5 Å². The summed E-state index contributed by atoms with van der Waals surface area (Å²) in [7, 11) is 3.79. The van der Waals surface area contributed by atoms with E-state index in [2.05, 4.69) is 67.4 Å². The summed E-state index contributed by atoms with van der Waals surface area (Å²) >= 11 is 6.72. The Hall–Kier alpha value is -4.80. The van der Waals surface area contributed by atoms with E-state index in [1.807, 2.05) is 67.7 Å². The van der Waals surface area contributed by atoms with Crippen LogP contribution in [0.25, 0.3) is 33.4 Å². The lowest BCUT2D eigenvalue weighted by molar-refractivity contribution is -0.150. The Morgan fingerprint density at radius 2 is 1.78 bits per heavy atom. The van der Waals surface area contributed by atoms with Crippen LogP contribution in [-0.2, 0) is 35.5 Å². The number of halogens is 1. The number of nitrogens with zero attached hydrogens (tertiary/aromatic N) is 6. The summed E-state index contributed by atoms with van der Waals surface area (Å²) in [5, 5.41) is 16.0. The Morgan fingerprint density at radius 3 is 2.52 bits per heavy atom. The molecule has 0 amide bonds. The second-order valence-electron chi connectivity index (χ2n) is 11.6. The summed E-state index contributed by atoms with van der Waals surface area (Å²) < 4.78 is 8.05. The first kappa shape index (κ1) is 31.2. The van der Waals surface area contributed by atoms with E-state index in [9.17, 15) is 4.79 Å². The second kappa shape index (κ2) is 14.1. The van der Waals surface area contributed by atoms with E-state index in [0.717, 1.165) is 63.8 Å². The summed E-state index contributed by atoms with van der Waals surface area (Å²) in [4.78, 5) is 23.4. The molecule has 46 heavy (non-hydrogen) atoms. The number of tetrazole rings is 1. The van der Waals surface area contributed by atoms with Crippen LogP contribution < -0.4 is 0 Å². The summed E-state index contributed by atoms with van der Waals surface area (Å²) in [6.45, 7) is 2.73. The first-order valence-corrected chi connectivity index (χ1v) is 15.8. The van der Waals surface area contributed by atoms with Crippen molar-refractivity contribution in [1.82, 2.24) is 40.1 Å². The highest BCUT2D eigenvalue weighted by Crippen LogP contribution is 2.30. The lowest BCUT2D eigenvalue weighted by atomic mass is 9.98. The molecule has 0 bridgehead atoms. The zero-order chi connectivity index (χ0) is 32.0. The van der Waals surface area contributed by atoms with Gasteiger partial charge in [0, 0.05) is 42.0 Å². The molecule has 6 rings (SSSR count). The van der Waals surface area contributed by atoms with Crippen molar-refractivity contribution in [2.75, 3.05) is 14.1 Å². The number of aromatic nitrogens is 7. The zero-order valence-electron chi connectivity index (χ0n) is 26.2. The van der Waals surface area contributed by atoms with Crippen LogP contribution in [0.4, 0.5) is 0 Å². The van der Waals surface area contributed by atoms with Crippen molar-refractivity contribution < 1.29 is 9.53 Å². The number of ether oxygens (including phenoxy) is 1. The minimum atomic E-state index is -0.461. The summed E-state index contributed by atoms with van der Waals surface area (Å²) in [5.41, 5.74) is 6.83. The number of hydrogen-bond acceptors (Lipinski definition) is 7. The number of likely N-dealkylation sites (N-methyl/N-ethyl adjacent to an activating group) is 1. The van der Waals surface area contributed by atoms with Crippen molar-refractivity contribution in [3.05, 3.63) is 107 Å². The van der Waals surface area contributed by atoms with E-state index in [1.165, 1.54) is 0 Å².